The molecule has 31 heavy (non-hydrogen) atoms. The molecule has 1 amide bonds. The van der Waals surface area contributed by atoms with Crippen molar-refractivity contribution in [2.75, 3.05) is 44.3 Å². The number of anilines is 1. The van der Waals surface area contributed by atoms with Gasteiger partial charge in [0.15, 0.2) is 5.79 Å². The van der Waals surface area contributed by atoms with Crippen LogP contribution >= 0.6 is 11.6 Å². The van der Waals surface area contributed by atoms with Crippen LogP contribution in [0.25, 0.3) is 10.9 Å². The van der Waals surface area contributed by atoms with E-state index >= 15 is 0 Å². The van der Waals surface area contributed by atoms with Crippen molar-refractivity contribution in [3.8, 4) is 6.07 Å². The number of pyridine rings is 1. The lowest BCUT2D eigenvalue weighted by Crippen LogP contribution is -2.50. The lowest BCUT2D eigenvalue weighted by molar-refractivity contribution is -0.188. The van der Waals surface area contributed by atoms with Gasteiger partial charge in [0.2, 0.25) is 5.91 Å². The first-order valence-corrected chi connectivity index (χ1v) is 11.3. The van der Waals surface area contributed by atoms with E-state index in [9.17, 15) is 10.1 Å². The topological polar surface area (TPSA) is 78.7 Å². The lowest BCUT2D eigenvalue weighted by Gasteiger charge is -2.40. The van der Waals surface area contributed by atoms with Gasteiger partial charge in [-0.15, -0.1) is 0 Å². The zero-order valence-electron chi connectivity index (χ0n) is 17.3. The van der Waals surface area contributed by atoms with E-state index in [4.69, 9.17) is 21.1 Å². The van der Waals surface area contributed by atoms with Crippen molar-refractivity contribution in [1.29, 1.82) is 5.26 Å². The van der Waals surface area contributed by atoms with Crippen LogP contribution in [0, 0.1) is 17.2 Å². The molecule has 2 aromatic rings. The summed E-state index contributed by atoms with van der Waals surface area (Å²) in [6.45, 7) is 4.11. The lowest BCUT2D eigenvalue weighted by atomic mass is 9.92. The number of aromatic nitrogens is 1. The predicted octanol–water partition coefficient (Wildman–Crippen LogP) is 3.34. The predicted molar refractivity (Wildman–Crippen MR) is 117 cm³/mol. The summed E-state index contributed by atoms with van der Waals surface area (Å²) in [7, 11) is 0. The van der Waals surface area contributed by atoms with Crippen molar-refractivity contribution >= 4 is 34.1 Å². The Labute approximate surface area is 186 Å². The van der Waals surface area contributed by atoms with Crippen LogP contribution in [0.1, 0.15) is 31.2 Å². The van der Waals surface area contributed by atoms with E-state index in [1.165, 1.54) is 0 Å². The van der Waals surface area contributed by atoms with E-state index in [0.29, 0.717) is 36.9 Å². The standard InChI is InChI=1S/C23H25ClN4O3/c24-18-1-2-20-19(13-18)21(17(14-25)15-26-20)27-7-3-16(4-8-27)22(29)28-9-5-23(6-10-28)30-11-12-31-23/h1-2,13,15-16H,3-12H2. The van der Waals surface area contributed by atoms with Crippen LogP contribution in [0.3, 0.4) is 0 Å². The Bertz CT molecular complexity index is 1030. The molecular weight excluding hydrogens is 416 g/mol. The van der Waals surface area contributed by atoms with E-state index in [-0.39, 0.29) is 11.8 Å². The normalized spacial score (nSPS) is 21.5. The van der Waals surface area contributed by atoms with Gasteiger partial charge in [0.25, 0.3) is 0 Å². The third-order valence-corrected chi connectivity index (χ3v) is 6.97. The van der Waals surface area contributed by atoms with Gasteiger partial charge >= 0.3 is 0 Å². The fourth-order valence-corrected chi connectivity index (χ4v) is 5.21. The van der Waals surface area contributed by atoms with Crippen molar-refractivity contribution in [3.63, 3.8) is 0 Å². The summed E-state index contributed by atoms with van der Waals surface area (Å²) in [4.78, 5) is 21.7. The molecule has 0 aliphatic carbocycles. The first-order valence-electron chi connectivity index (χ1n) is 10.9. The highest BCUT2D eigenvalue weighted by molar-refractivity contribution is 6.31. The van der Waals surface area contributed by atoms with Gasteiger partial charge in [-0.3, -0.25) is 9.78 Å². The molecule has 1 aromatic carbocycles. The summed E-state index contributed by atoms with van der Waals surface area (Å²) >= 11 is 6.22. The van der Waals surface area contributed by atoms with Crippen LogP contribution in [0.5, 0.6) is 0 Å². The number of rotatable bonds is 2. The van der Waals surface area contributed by atoms with E-state index in [1.54, 1.807) is 6.20 Å². The zero-order chi connectivity index (χ0) is 21.4. The third kappa shape index (κ3) is 3.84. The molecular formula is C23H25ClN4O3. The molecule has 8 heteroatoms. The van der Waals surface area contributed by atoms with Crippen molar-refractivity contribution < 1.29 is 14.3 Å². The number of carbonyl (C=O) groups is 1. The second-order valence-corrected chi connectivity index (χ2v) is 8.92. The molecule has 1 aromatic heterocycles. The third-order valence-electron chi connectivity index (χ3n) is 6.73. The number of carbonyl (C=O) groups excluding carboxylic acids is 1. The summed E-state index contributed by atoms with van der Waals surface area (Å²) in [5.74, 6) is -0.217. The molecule has 3 aliphatic heterocycles. The first-order chi connectivity index (χ1) is 15.1. The van der Waals surface area contributed by atoms with Gasteiger partial charge in [0.05, 0.1) is 30.0 Å². The second-order valence-electron chi connectivity index (χ2n) is 8.49. The molecule has 1 spiro atoms. The molecule has 4 heterocycles. The number of amides is 1. The summed E-state index contributed by atoms with van der Waals surface area (Å²) < 4.78 is 11.6. The highest BCUT2D eigenvalue weighted by atomic mass is 35.5. The van der Waals surface area contributed by atoms with Gasteiger partial charge in [-0.25, -0.2) is 0 Å². The molecule has 0 radical (unpaired) electrons. The van der Waals surface area contributed by atoms with Crippen LogP contribution in [0.2, 0.25) is 5.02 Å². The van der Waals surface area contributed by atoms with Gasteiger partial charge in [0, 0.05) is 61.5 Å². The van der Waals surface area contributed by atoms with Gasteiger partial charge < -0.3 is 19.3 Å². The maximum absolute atomic E-state index is 13.1. The number of hydrogen-bond donors (Lipinski definition) is 0. The van der Waals surface area contributed by atoms with Crippen molar-refractivity contribution in [2.24, 2.45) is 5.92 Å². The van der Waals surface area contributed by atoms with Crippen LogP contribution in [-0.4, -0.2) is 61.0 Å². The van der Waals surface area contributed by atoms with Crippen LogP contribution in [0.15, 0.2) is 24.4 Å². The molecule has 0 unspecified atom stereocenters. The number of fused-ring (bicyclic) bond motifs is 1. The highest BCUT2D eigenvalue weighted by Gasteiger charge is 2.42. The van der Waals surface area contributed by atoms with E-state index in [2.05, 4.69) is 16.0 Å². The Morgan fingerprint density at radius 2 is 1.87 bits per heavy atom. The van der Waals surface area contributed by atoms with E-state index < -0.39 is 5.79 Å². The number of nitrogens with zero attached hydrogens (tertiary/aromatic N) is 4. The number of halogens is 1. The number of hydrogen-bond acceptors (Lipinski definition) is 6. The van der Waals surface area contributed by atoms with Crippen molar-refractivity contribution in [1.82, 2.24) is 9.88 Å². The monoisotopic (exact) mass is 440 g/mol. The van der Waals surface area contributed by atoms with Crippen molar-refractivity contribution in [2.45, 2.75) is 31.5 Å². The van der Waals surface area contributed by atoms with Gasteiger partial charge in [0.1, 0.15) is 6.07 Å². The summed E-state index contributed by atoms with van der Waals surface area (Å²) in [5.41, 5.74) is 2.23. The Kier molecular flexibility index (Phi) is 5.47. The van der Waals surface area contributed by atoms with Crippen LogP contribution < -0.4 is 4.90 Å². The average Bonchev–Trinajstić information content (AvgIpc) is 3.26. The smallest absolute Gasteiger partial charge is 0.225 e. The maximum Gasteiger partial charge on any atom is 0.225 e. The quantitative estimate of drug-likeness (QED) is 0.712. The Morgan fingerprint density at radius 3 is 2.55 bits per heavy atom. The van der Waals surface area contributed by atoms with E-state index in [1.807, 2.05) is 23.1 Å². The SMILES string of the molecule is N#Cc1cnc2ccc(Cl)cc2c1N1CCC(C(=O)N2CCC3(CC2)OCCO3)CC1. The molecule has 162 valence electrons. The van der Waals surface area contributed by atoms with E-state index in [0.717, 1.165) is 55.4 Å². The van der Waals surface area contributed by atoms with Crippen molar-refractivity contribution in [3.05, 3.63) is 35.0 Å². The zero-order valence-corrected chi connectivity index (χ0v) is 18.1. The van der Waals surface area contributed by atoms with Gasteiger partial charge in [-0.05, 0) is 31.0 Å². The minimum atomic E-state index is -0.461. The molecule has 0 N–H and O–H groups in total. The number of nitriles is 1. The summed E-state index contributed by atoms with van der Waals surface area (Å²) in [5, 5.41) is 11.1. The maximum atomic E-state index is 13.1. The van der Waals surface area contributed by atoms with Gasteiger partial charge in [-0.1, -0.05) is 11.6 Å². The molecule has 3 fully saturated rings. The molecule has 5 rings (SSSR count). The highest BCUT2D eigenvalue weighted by Crippen LogP contribution is 2.35. The Hall–Kier alpha value is -2.40. The van der Waals surface area contributed by atoms with Gasteiger partial charge in [-0.2, -0.15) is 5.26 Å². The summed E-state index contributed by atoms with van der Waals surface area (Å²) in [6.07, 6.45) is 4.64. The number of piperidine rings is 2. The molecule has 3 aliphatic rings. The number of ether oxygens (including phenoxy) is 2. The number of benzene rings is 1. The molecule has 7 nitrogen and oxygen atoms in total. The molecule has 0 saturated carbocycles. The molecule has 0 bridgehead atoms. The summed E-state index contributed by atoms with van der Waals surface area (Å²) in [6, 6.07) is 7.82. The van der Waals surface area contributed by atoms with Crippen LogP contribution in [-0.2, 0) is 14.3 Å². The second kappa shape index (κ2) is 8.27. The fourth-order valence-electron chi connectivity index (χ4n) is 5.04. The largest absolute Gasteiger partial charge is 0.370 e. The molecule has 0 atom stereocenters. The minimum Gasteiger partial charge on any atom is -0.370 e. The minimum absolute atomic E-state index is 0.0120. The number of likely N-dealkylation sites (tertiary alicyclic amines) is 1. The Balaban J connectivity index is 1.27. The average molecular weight is 441 g/mol. The fraction of sp³-hybridized carbons (Fsp3) is 0.522. The Morgan fingerprint density at radius 1 is 1.16 bits per heavy atom. The first kappa shape index (κ1) is 20.5. The molecule has 3 saturated heterocycles. The van der Waals surface area contributed by atoms with Crippen LogP contribution in [0.4, 0.5) is 5.69 Å².